The maximum atomic E-state index is 12.1. The van der Waals surface area contributed by atoms with Crippen molar-refractivity contribution < 1.29 is 9.53 Å². The fraction of sp³-hybridized carbons (Fsp3) is 0.368. The summed E-state index contributed by atoms with van der Waals surface area (Å²) in [6, 6.07) is 11.6. The Morgan fingerprint density at radius 3 is 2.71 bits per heavy atom. The zero-order valence-electron chi connectivity index (χ0n) is 14.0. The van der Waals surface area contributed by atoms with Crippen molar-refractivity contribution >= 4 is 11.7 Å². The average Bonchev–Trinajstić information content (AvgIpc) is 3.15. The Bertz CT molecular complexity index is 679. The van der Waals surface area contributed by atoms with Gasteiger partial charge >= 0.3 is 0 Å². The first-order valence-electron chi connectivity index (χ1n) is 8.35. The molecule has 0 aliphatic carbocycles. The number of aromatic nitrogens is 1. The highest BCUT2D eigenvalue weighted by Gasteiger charge is 2.13. The van der Waals surface area contributed by atoms with E-state index in [1.807, 2.05) is 42.6 Å². The van der Waals surface area contributed by atoms with Crippen LogP contribution in [0.3, 0.4) is 0 Å². The summed E-state index contributed by atoms with van der Waals surface area (Å²) in [5.41, 5.74) is 1.89. The van der Waals surface area contributed by atoms with E-state index in [1.165, 1.54) is 12.8 Å². The van der Waals surface area contributed by atoms with Gasteiger partial charge in [0.05, 0.1) is 13.5 Å². The fourth-order valence-corrected chi connectivity index (χ4v) is 2.94. The lowest BCUT2D eigenvalue weighted by molar-refractivity contribution is -0.120. The first-order chi connectivity index (χ1) is 11.8. The molecule has 1 aliphatic heterocycles. The van der Waals surface area contributed by atoms with Gasteiger partial charge in [0.1, 0.15) is 11.6 Å². The number of ether oxygens (including phenoxy) is 1. The maximum Gasteiger partial charge on any atom is 0.224 e. The van der Waals surface area contributed by atoms with Crippen LogP contribution in [0.5, 0.6) is 5.75 Å². The molecule has 2 heterocycles. The maximum absolute atomic E-state index is 12.1. The second-order valence-corrected chi connectivity index (χ2v) is 5.98. The van der Waals surface area contributed by atoms with E-state index in [0.717, 1.165) is 35.8 Å². The van der Waals surface area contributed by atoms with Crippen molar-refractivity contribution in [3.8, 4) is 5.75 Å². The second kappa shape index (κ2) is 7.81. The topological polar surface area (TPSA) is 54.5 Å². The molecular weight excluding hydrogens is 302 g/mol. The molecule has 0 radical (unpaired) electrons. The monoisotopic (exact) mass is 325 g/mol. The van der Waals surface area contributed by atoms with Crippen LogP contribution in [0.15, 0.2) is 42.6 Å². The Morgan fingerprint density at radius 1 is 1.21 bits per heavy atom. The first kappa shape index (κ1) is 16.3. The number of hydrogen-bond acceptors (Lipinski definition) is 4. The van der Waals surface area contributed by atoms with E-state index in [2.05, 4.69) is 15.2 Å². The van der Waals surface area contributed by atoms with Crippen LogP contribution in [0.2, 0.25) is 0 Å². The van der Waals surface area contributed by atoms with E-state index < -0.39 is 0 Å². The van der Waals surface area contributed by atoms with Crippen LogP contribution in [-0.2, 0) is 17.8 Å². The number of nitrogens with zero attached hydrogens (tertiary/aromatic N) is 2. The first-order valence-corrected chi connectivity index (χ1v) is 8.35. The van der Waals surface area contributed by atoms with Gasteiger partial charge in [-0.2, -0.15) is 0 Å². The molecule has 1 saturated heterocycles. The van der Waals surface area contributed by atoms with Gasteiger partial charge in [0.25, 0.3) is 0 Å². The van der Waals surface area contributed by atoms with Crippen LogP contribution < -0.4 is 15.0 Å². The van der Waals surface area contributed by atoms with Gasteiger partial charge in [-0.3, -0.25) is 4.79 Å². The lowest BCUT2D eigenvalue weighted by atomic mass is 10.1. The highest BCUT2D eigenvalue weighted by atomic mass is 16.5. The third kappa shape index (κ3) is 4.04. The van der Waals surface area contributed by atoms with Crippen LogP contribution in [0.1, 0.15) is 24.0 Å². The molecule has 2 aromatic rings. The third-order valence-corrected chi connectivity index (χ3v) is 4.27. The number of amides is 1. The standard InChI is InChI=1S/C19H23N3O2/c1-24-17-7-3-2-6-16(17)12-19(23)21-14-15-8-9-18(20-13-15)22-10-4-5-11-22/h2-3,6-9,13H,4-5,10-12,14H2,1H3,(H,21,23). The number of carbonyl (C=O) groups excluding carboxylic acids is 1. The molecule has 1 N–H and O–H groups in total. The largest absolute Gasteiger partial charge is 0.496 e. The summed E-state index contributed by atoms with van der Waals surface area (Å²) >= 11 is 0. The summed E-state index contributed by atoms with van der Waals surface area (Å²) in [5, 5.41) is 2.94. The molecule has 5 heteroatoms. The minimum Gasteiger partial charge on any atom is -0.496 e. The van der Waals surface area contributed by atoms with Gasteiger partial charge in [-0.15, -0.1) is 0 Å². The quantitative estimate of drug-likeness (QED) is 0.887. The van der Waals surface area contributed by atoms with E-state index in [1.54, 1.807) is 7.11 Å². The van der Waals surface area contributed by atoms with E-state index in [4.69, 9.17) is 4.74 Å². The molecule has 3 rings (SSSR count). The summed E-state index contributed by atoms with van der Waals surface area (Å²) < 4.78 is 5.28. The SMILES string of the molecule is COc1ccccc1CC(=O)NCc1ccc(N2CCCC2)nc1. The van der Waals surface area contributed by atoms with Gasteiger partial charge in [0.15, 0.2) is 0 Å². The van der Waals surface area contributed by atoms with Crippen molar-refractivity contribution in [2.75, 3.05) is 25.1 Å². The summed E-state index contributed by atoms with van der Waals surface area (Å²) in [7, 11) is 1.62. The van der Waals surface area contributed by atoms with E-state index >= 15 is 0 Å². The normalized spacial score (nSPS) is 13.8. The van der Waals surface area contributed by atoms with E-state index in [-0.39, 0.29) is 5.91 Å². The van der Waals surface area contributed by atoms with E-state index in [9.17, 15) is 4.79 Å². The smallest absolute Gasteiger partial charge is 0.224 e. The Morgan fingerprint density at radius 2 is 2.00 bits per heavy atom. The Hall–Kier alpha value is -2.56. The van der Waals surface area contributed by atoms with Gasteiger partial charge in [0, 0.05) is 31.4 Å². The van der Waals surface area contributed by atoms with Crippen molar-refractivity contribution in [2.45, 2.75) is 25.8 Å². The van der Waals surface area contributed by atoms with Crippen molar-refractivity contribution in [2.24, 2.45) is 0 Å². The Kier molecular flexibility index (Phi) is 5.31. The van der Waals surface area contributed by atoms with Crippen LogP contribution in [0, 0.1) is 0 Å². The molecular formula is C19H23N3O2. The lowest BCUT2D eigenvalue weighted by Crippen LogP contribution is -2.25. The van der Waals surface area contributed by atoms with Crippen LogP contribution >= 0.6 is 0 Å². The number of para-hydroxylation sites is 1. The zero-order chi connectivity index (χ0) is 16.8. The average molecular weight is 325 g/mol. The highest BCUT2D eigenvalue weighted by molar-refractivity contribution is 5.79. The molecule has 0 saturated carbocycles. The number of pyridine rings is 1. The van der Waals surface area contributed by atoms with Crippen LogP contribution in [0.4, 0.5) is 5.82 Å². The number of anilines is 1. The van der Waals surface area contributed by atoms with Gasteiger partial charge in [-0.05, 0) is 30.5 Å². The number of rotatable bonds is 6. The van der Waals surface area contributed by atoms with Gasteiger partial charge in [-0.25, -0.2) is 4.98 Å². The summed E-state index contributed by atoms with van der Waals surface area (Å²) in [6.07, 6.45) is 4.63. The minimum atomic E-state index is -0.0249. The minimum absolute atomic E-state index is 0.0249. The van der Waals surface area contributed by atoms with Crippen molar-refractivity contribution in [1.29, 1.82) is 0 Å². The van der Waals surface area contributed by atoms with Gasteiger partial charge in [-0.1, -0.05) is 24.3 Å². The van der Waals surface area contributed by atoms with Gasteiger partial charge in [0.2, 0.25) is 5.91 Å². The number of methoxy groups -OCH3 is 1. The summed E-state index contributed by atoms with van der Waals surface area (Å²) in [6.45, 7) is 2.66. The number of hydrogen-bond donors (Lipinski definition) is 1. The third-order valence-electron chi connectivity index (χ3n) is 4.27. The van der Waals surface area contributed by atoms with Crippen molar-refractivity contribution in [3.05, 3.63) is 53.7 Å². The predicted octanol–water partition coefficient (Wildman–Crippen LogP) is 2.55. The van der Waals surface area contributed by atoms with Crippen LogP contribution in [-0.4, -0.2) is 31.1 Å². The second-order valence-electron chi connectivity index (χ2n) is 5.98. The molecule has 0 spiro atoms. The lowest BCUT2D eigenvalue weighted by Gasteiger charge is -2.16. The van der Waals surface area contributed by atoms with Crippen LogP contribution in [0.25, 0.3) is 0 Å². The molecule has 24 heavy (non-hydrogen) atoms. The molecule has 5 nitrogen and oxygen atoms in total. The number of carbonyl (C=O) groups is 1. The number of benzene rings is 1. The van der Waals surface area contributed by atoms with Crippen molar-refractivity contribution in [1.82, 2.24) is 10.3 Å². The molecule has 1 aromatic heterocycles. The summed E-state index contributed by atoms with van der Waals surface area (Å²) in [5.74, 6) is 1.74. The van der Waals surface area contributed by atoms with E-state index in [0.29, 0.717) is 13.0 Å². The molecule has 1 amide bonds. The predicted molar refractivity (Wildman–Crippen MR) is 94.2 cm³/mol. The molecule has 1 aromatic carbocycles. The fourth-order valence-electron chi connectivity index (χ4n) is 2.94. The number of nitrogens with one attached hydrogen (secondary N) is 1. The molecule has 126 valence electrons. The molecule has 0 atom stereocenters. The molecule has 1 aliphatic rings. The Balaban J connectivity index is 1.52. The summed E-state index contributed by atoms with van der Waals surface area (Å²) in [4.78, 5) is 18.9. The Labute approximate surface area is 142 Å². The molecule has 0 bridgehead atoms. The zero-order valence-corrected chi connectivity index (χ0v) is 14.0. The van der Waals surface area contributed by atoms with Crippen molar-refractivity contribution in [3.63, 3.8) is 0 Å². The molecule has 1 fully saturated rings. The highest BCUT2D eigenvalue weighted by Crippen LogP contribution is 2.18. The van der Waals surface area contributed by atoms with Gasteiger partial charge < -0.3 is 15.0 Å². The molecule has 0 unspecified atom stereocenters.